The summed E-state index contributed by atoms with van der Waals surface area (Å²) in [4.78, 5) is 16.1. The molecule has 1 amide bonds. The molecule has 0 saturated heterocycles. The molecule has 0 bridgehead atoms. The Labute approximate surface area is 130 Å². The molecule has 1 atom stereocenters. The van der Waals surface area contributed by atoms with E-state index in [1.54, 1.807) is 28.6 Å². The lowest BCUT2D eigenvalue weighted by molar-refractivity contribution is 0.0463. The lowest BCUT2D eigenvalue weighted by atomic mass is 10.2. The number of nitrogens with one attached hydrogen (secondary N) is 1. The minimum Gasteiger partial charge on any atom is -0.423 e. The molecular formula is C13H13ClN4O2S. The summed E-state index contributed by atoms with van der Waals surface area (Å²) in [5, 5.41) is 8.11. The van der Waals surface area contributed by atoms with Gasteiger partial charge in [-0.05, 0) is 24.6 Å². The van der Waals surface area contributed by atoms with Gasteiger partial charge in [0.05, 0.1) is 0 Å². The molecule has 1 aliphatic rings. The van der Waals surface area contributed by atoms with Gasteiger partial charge in [0.2, 0.25) is 0 Å². The highest BCUT2D eigenvalue weighted by molar-refractivity contribution is 7.99. The number of benzene rings is 1. The highest BCUT2D eigenvalue weighted by Crippen LogP contribution is 2.30. The second kappa shape index (κ2) is 5.95. The Morgan fingerprint density at radius 3 is 3.24 bits per heavy atom. The summed E-state index contributed by atoms with van der Waals surface area (Å²) in [5.41, 5.74) is 1.55. The maximum atomic E-state index is 12.0. The molecule has 2 aromatic rings. The number of carbonyl (C=O) groups excluding carboxylic acids is 1. The quantitative estimate of drug-likeness (QED) is 0.915. The van der Waals surface area contributed by atoms with Gasteiger partial charge in [-0.25, -0.2) is 14.5 Å². The molecular weight excluding hydrogens is 312 g/mol. The third kappa shape index (κ3) is 3.14. The average Bonchev–Trinajstić information content (AvgIpc) is 2.92. The predicted octanol–water partition coefficient (Wildman–Crippen LogP) is 3.48. The molecule has 1 unspecified atom stereocenters. The Morgan fingerprint density at radius 2 is 2.43 bits per heavy atom. The van der Waals surface area contributed by atoms with E-state index in [0.717, 1.165) is 16.5 Å². The normalized spacial score (nSPS) is 17.1. The van der Waals surface area contributed by atoms with E-state index >= 15 is 0 Å². The first-order valence-corrected chi connectivity index (χ1v) is 7.76. The van der Waals surface area contributed by atoms with Crippen molar-refractivity contribution in [2.45, 2.75) is 24.7 Å². The number of amides is 1. The van der Waals surface area contributed by atoms with Crippen molar-refractivity contribution in [2.75, 3.05) is 11.1 Å². The first-order valence-electron chi connectivity index (χ1n) is 6.39. The molecule has 3 rings (SSSR count). The minimum atomic E-state index is -0.534. The lowest BCUT2D eigenvalue weighted by Gasteiger charge is -2.22. The molecule has 21 heavy (non-hydrogen) atoms. The SMILES string of the molecule is Cc1ccc(NC(=O)OC2CCSc3ncnn32)cc1Cl. The van der Waals surface area contributed by atoms with Crippen molar-refractivity contribution in [3.05, 3.63) is 35.1 Å². The number of ether oxygens (including phenoxy) is 1. The number of nitrogens with zero attached hydrogens (tertiary/aromatic N) is 3. The standard InChI is InChI=1S/C13H13ClN4O2S/c1-8-2-3-9(6-10(8)14)17-13(19)20-11-4-5-21-12-15-7-16-18(11)12/h2-3,6-7,11H,4-5H2,1H3,(H,17,19). The number of thioether (sulfide) groups is 1. The molecule has 0 fully saturated rings. The van der Waals surface area contributed by atoms with Crippen molar-refractivity contribution in [1.29, 1.82) is 0 Å². The smallest absolute Gasteiger partial charge is 0.413 e. The average molecular weight is 325 g/mol. The second-order valence-electron chi connectivity index (χ2n) is 4.57. The van der Waals surface area contributed by atoms with Crippen LogP contribution in [0, 0.1) is 6.92 Å². The number of aryl methyl sites for hydroxylation is 1. The third-order valence-corrected chi connectivity index (χ3v) is 4.47. The van der Waals surface area contributed by atoms with Crippen molar-refractivity contribution in [3.63, 3.8) is 0 Å². The van der Waals surface area contributed by atoms with Crippen LogP contribution in [0.1, 0.15) is 18.2 Å². The highest BCUT2D eigenvalue weighted by atomic mass is 35.5. The number of carbonyl (C=O) groups is 1. The van der Waals surface area contributed by atoms with E-state index in [0.29, 0.717) is 17.1 Å². The highest BCUT2D eigenvalue weighted by Gasteiger charge is 2.25. The Hall–Kier alpha value is -1.73. The second-order valence-corrected chi connectivity index (χ2v) is 6.04. The fourth-order valence-electron chi connectivity index (χ4n) is 1.96. The van der Waals surface area contributed by atoms with E-state index in [1.807, 2.05) is 13.0 Å². The van der Waals surface area contributed by atoms with Crippen molar-refractivity contribution < 1.29 is 9.53 Å². The van der Waals surface area contributed by atoms with Gasteiger partial charge in [0, 0.05) is 22.9 Å². The Balaban J connectivity index is 1.66. The van der Waals surface area contributed by atoms with Crippen molar-refractivity contribution in [2.24, 2.45) is 0 Å². The maximum absolute atomic E-state index is 12.0. The molecule has 0 spiro atoms. The van der Waals surface area contributed by atoms with Crippen LogP contribution >= 0.6 is 23.4 Å². The molecule has 1 aromatic carbocycles. The number of hydrogen-bond acceptors (Lipinski definition) is 5. The molecule has 8 heteroatoms. The van der Waals surface area contributed by atoms with Crippen LogP contribution in [-0.4, -0.2) is 26.6 Å². The lowest BCUT2D eigenvalue weighted by Crippen LogP contribution is -2.25. The summed E-state index contributed by atoms with van der Waals surface area (Å²) in [6.45, 7) is 1.90. The van der Waals surface area contributed by atoms with Gasteiger partial charge in [-0.15, -0.1) is 0 Å². The van der Waals surface area contributed by atoms with Crippen LogP contribution in [0.3, 0.4) is 0 Å². The van der Waals surface area contributed by atoms with Gasteiger partial charge in [-0.2, -0.15) is 5.10 Å². The molecule has 2 heterocycles. The molecule has 1 aliphatic heterocycles. The molecule has 0 radical (unpaired) electrons. The van der Waals surface area contributed by atoms with E-state index in [9.17, 15) is 4.79 Å². The van der Waals surface area contributed by atoms with E-state index in [2.05, 4.69) is 15.4 Å². The summed E-state index contributed by atoms with van der Waals surface area (Å²) < 4.78 is 7.03. The van der Waals surface area contributed by atoms with E-state index in [-0.39, 0.29) is 0 Å². The zero-order valence-corrected chi connectivity index (χ0v) is 12.8. The van der Waals surface area contributed by atoms with Gasteiger partial charge in [0.15, 0.2) is 11.4 Å². The largest absolute Gasteiger partial charge is 0.423 e. The van der Waals surface area contributed by atoms with Crippen LogP contribution in [0.15, 0.2) is 29.7 Å². The number of halogens is 1. The summed E-state index contributed by atoms with van der Waals surface area (Å²) in [6, 6.07) is 5.31. The van der Waals surface area contributed by atoms with Gasteiger partial charge >= 0.3 is 6.09 Å². The zero-order valence-electron chi connectivity index (χ0n) is 11.2. The van der Waals surface area contributed by atoms with Gasteiger partial charge in [-0.3, -0.25) is 5.32 Å². The van der Waals surface area contributed by atoms with Crippen molar-refractivity contribution in [1.82, 2.24) is 14.8 Å². The van der Waals surface area contributed by atoms with Crippen molar-refractivity contribution >= 4 is 35.1 Å². The van der Waals surface area contributed by atoms with Crippen molar-refractivity contribution in [3.8, 4) is 0 Å². The fourth-order valence-corrected chi connectivity index (χ4v) is 3.07. The van der Waals surface area contributed by atoms with Crippen LogP contribution in [0.2, 0.25) is 5.02 Å². The van der Waals surface area contributed by atoms with E-state index in [1.165, 1.54) is 6.33 Å². The molecule has 1 aromatic heterocycles. The summed E-state index contributed by atoms with van der Waals surface area (Å²) >= 11 is 7.62. The minimum absolute atomic E-state index is 0.426. The van der Waals surface area contributed by atoms with Crippen LogP contribution in [0.5, 0.6) is 0 Å². The zero-order chi connectivity index (χ0) is 14.8. The fraction of sp³-hybridized carbons (Fsp3) is 0.308. The molecule has 110 valence electrons. The number of aromatic nitrogens is 3. The maximum Gasteiger partial charge on any atom is 0.413 e. The van der Waals surface area contributed by atoms with Crippen LogP contribution in [0.25, 0.3) is 0 Å². The summed E-state index contributed by atoms with van der Waals surface area (Å²) in [7, 11) is 0. The van der Waals surface area contributed by atoms with Crippen LogP contribution in [0.4, 0.5) is 10.5 Å². The predicted molar refractivity (Wildman–Crippen MR) is 80.7 cm³/mol. The first kappa shape index (κ1) is 14.2. The number of anilines is 1. The third-order valence-electron chi connectivity index (χ3n) is 3.07. The van der Waals surface area contributed by atoms with Gasteiger partial charge in [-0.1, -0.05) is 29.4 Å². The Kier molecular flexibility index (Phi) is 4.03. The summed E-state index contributed by atoms with van der Waals surface area (Å²) in [5.74, 6) is 0.840. The molecule has 0 saturated carbocycles. The molecule has 6 nitrogen and oxygen atoms in total. The first-order chi connectivity index (χ1) is 10.1. The van der Waals surface area contributed by atoms with E-state index < -0.39 is 12.3 Å². The van der Waals surface area contributed by atoms with Gasteiger partial charge in [0.1, 0.15) is 6.33 Å². The number of hydrogen-bond donors (Lipinski definition) is 1. The monoisotopic (exact) mass is 324 g/mol. The topological polar surface area (TPSA) is 69.0 Å². The van der Waals surface area contributed by atoms with Crippen LogP contribution in [-0.2, 0) is 4.74 Å². The van der Waals surface area contributed by atoms with Crippen LogP contribution < -0.4 is 5.32 Å². The van der Waals surface area contributed by atoms with Gasteiger partial charge < -0.3 is 4.74 Å². The molecule has 0 aliphatic carbocycles. The summed E-state index contributed by atoms with van der Waals surface area (Å²) in [6.07, 6.45) is 1.20. The number of rotatable bonds is 2. The Bertz CT molecular complexity index is 676. The number of fused-ring (bicyclic) bond motifs is 1. The molecule has 1 N–H and O–H groups in total. The van der Waals surface area contributed by atoms with E-state index in [4.69, 9.17) is 16.3 Å². The Morgan fingerprint density at radius 1 is 1.57 bits per heavy atom. The van der Waals surface area contributed by atoms with Gasteiger partial charge in [0.25, 0.3) is 0 Å².